The molecule has 3 aromatic rings. The van der Waals surface area contributed by atoms with E-state index in [0.29, 0.717) is 28.4 Å². The van der Waals surface area contributed by atoms with Crippen LogP contribution in [0.3, 0.4) is 0 Å². The molecule has 2 aromatic carbocycles. The van der Waals surface area contributed by atoms with Gasteiger partial charge in [-0.25, -0.2) is 0 Å². The molecular formula is C17H14BrN3O2S. The predicted molar refractivity (Wildman–Crippen MR) is 97.9 cm³/mol. The molecule has 0 fully saturated rings. The van der Waals surface area contributed by atoms with Gasteiger partial charge in [-0.05, 0) is 66.5 Å². The number of carbonyl (C=O) groups is 1. The fourth-order valence-corrected chi connectivity index (χ4v) is 2.96. The van der Waals surface area contributed by atoms with Gasteiger partial charge in [0.15, 0.2) is 0 Å². The number of benzene rings is 2. The van der Waals surface area contributed by atoms with Crippen LogP contribution < -0.4 is 10.1 Å². The van der Waals surface area contributed by atoms with Crippen LogP contribution in [0.1, 0.15) is 22.3 Å². The number of halogens is 1. The zero-order chi connectivity index (χ0) is 16.9. The van der Waals surface area contributed by atoms with Gasteiger partial charge in [-0.15, -0.1) is 5.10 Å². The van der Waals surface area contributed by atoms with Crippen LogP contribution in [0.2, 0.25) is 0 Å². The number of nitrogens with one attached hydrogen (secondary N) is 1. The van der Waals surface area contributed by atoms with E-state index in [2.05, 4.69) is 30.8 Å². The molecule has 1 amide bonds. The number of hydrogen-bond donors (Lipinski definition) is 1. The van der Waals surface area contributed by atoms with E-state index in [-0.39, 0.29) is 5.91 Å². The molecule has 122 valence electrons. The van der Waals surface area contributed by atoms with Crippen molar-refractivity contribution in [1.29, 1.82) is 0 Å². The molecule has 3 rings (SSSR count). The Morgan fingerprint density at radius 1 is 1.12 bits per heavy atom. The minimum absolute atomic E-state index is 0.191. The van der Waals surface area contributed by atoms with Crippen LogP contribution in [0.15, 0.2) is 53.0 Å². The standard InChI is InChI=1S/C17H14BrN3O2S/c1-2-15-16(24-21-20-15)17(22)19-12-5-9-14(10-6-12)23-13-7-3-11(18)4-8-13/h3-10H,2H2,1H3,(H,19,22). The molecule has 5 nitrogen and oxygen atoms in total. The Morgan fingerprint density at radius 2 is 1.75 bits per heavy atom. The Morgan fingerprint density at radius 3 is 2.38 bits per heavy atom. The molecule has 0 spiro atoms. The van der Waals surface area contributed by atoms with E-state index in [0.717, 1.165) is 21.8 Å². The van der Waals surface area contributed by atoms with Crippen molar-refractivity contribution in [3.05, 3.63) is 63.6 Å². The Kier molecular flexibility index (Phi) is 5.22. The summed E-state index contributed by atoms with van der Waals surface area (Å²) in [5.41, 5.74) is 1.41. The van der Waals surface area contributed by atoms with Gasteiger partial charge >= 0.3 is 0 Å². The molecule has 1 heterocycles. The number of anilines is 1. The topological polar surface area (TPSA) is 64.1 Å². The molecule has 0 bridgehead atoms. The first-order valence-electron chi connectivity index (χ1n) is 7.32. The number of aryl methyl sites for hydroxylation is 1. The second kappa shape index (κ2) is 7.55. The third-order valence-electron chi connectivity index (χ3n) is 3.26. The van der Waals surface area contributed by atoms with Gasteiger partial charge in [-0.2, -0.15) is 0 Å². The molecule has 1 N–H and O–H groups in total. The Bertz CT molecular complexity index is 832. The van der Waals surface area contributed by atoms with Gasteiger partial charge in [0.05, 0.1) is 5.69 Å². The average molecular weight is 404 g/mol. The lowest BCUT2D eigenvalue weighted by molar-refractivity contribution is 0.102. The first kappa shape index (κ1) is 16.6. The van der Waals surface area contributed by atoms with Crippen molar-refractivity contribution >= 4 is 39.1 Å². The van der Waals surface area contributed by atoms with Crippen molar-refractivity contribution in [2.24, 2.45) is 0 Å². The molecule has 7 heteroatoms. The van der Waals surface area contributed by atoms with Crippen LogP contribution in [-0.4, -0.2) is 15.5 Å². The maximum atomic E-state index is 12.2. The van der Waals surface area contributed by atoms with Crippen molar-refractivity contribution in [2.75, 3.05) is 5.32 Å². The highest BCUT2D eigenvalue weighted by atomic mass is 79.9. The van der Waals surface area contributed by atoms with Crippen LogP contribution in [0.25, 0.3) is 0 Å². The minimum atomic E-state index is -0.191. The van der Waals surface area contributed by atoms with Gasteiger partial charge in [0.25, 0.3) is 5.91 Å². The van der Waals surface area contributed by atoms with Crippen molar-refractivity contribution in [2.45, 2.75) is 13.3 Å². The zero-order valence-electron chi connectivity index (χ0n) is 12.8. The van der Waals surface area contributed by atoms with E-state index < -0.39 is 0 Å². The molecule has 0 unspecified atom stereocenters. The van der Waals surface area contributed by atoms with Crippen molar-refractivity contribution in [3.63, 3.8) is 0 Å². The number of nitrogens with zero attached hydrogens (tertiary/aromatic N) is 2. The minimum Gasteiger partial charge on any atom is -0.457 e. The second-order valence-corrected chi connectivity index (χ2v) is 6.61. The van der Waals surface area contributed by atoms with E-state index in [9.17, 15) is 4.79 Å². The summed E-state index contributed by atoms with van der Waals surface area (Å²) < 4.78 is 10.6. The second-order valence-electron chi connectivity index (χ2n) is 4.94. The Labute approximate surface area is 152 Å². The molecule has 0 radical (unpaired) electrons. The number of carbonyl (C=O) groups excluding carboxylic acids is 1. The summed E-state index contributed by atoms with van der Waals surface area (Å²) in [5, 5.41) is 6.80. The van der Waals surface area contributed by atoms with E-state index in [1.165, 1.54) is 0 Å². The molecule has 0 aliphatic heterocycles. The third-order valence-corrected chi connectivity index (χ3v) is 4.55. The third kappa shape index (κ3) is 3.98. The number of amides is 1. The smallest absolute Gasteiger partial charge is 0.269 e. The lowest BCUT2D eigenvalue weighted by Gasteiger charge is -2.08. The fourth-order valence-electron chi connectivity index (χ4n) is 2.05. The van der Waals surface area contributed by atoms with Gasteiger partial charge in [0.1, 0.15) is 16.4 Å². The maximum Gasteiger partial charge on any atom is 0.269 e. The first-order valence-corrected chi connectivity index (χ1v) is 8.88. The summed E-state index contributed by atoms with van der Waals surface area (Å²) in [6.07, 6.45) is 0.680. The summed E-state index contributed by atoms with van der Waals surface area (Å²) in [5.74, 6) is 1.26. The normalized spacial score (nSPS) is 10.4. The number of ether oxygens (including phenoxy) is 1. The first-order chi connectivity index (χ1) is 11.7. The number of aromatic nitrogens is 2. The van der Waals surface area contributed by atoms with Crippen molar-refractivity contribution < 1.29 is 9.53 Å². The molecule has 0 aliphatic carbocycles. The van der Waals surface area contributed by atoms with Crippen LogP contribution >= 0.6 is 27.5 Å². The van der Waals surface area contributed by atoms with Crippen LogP contribution in [-0.2, 0) is 6.42 Å². The Balaban J connectivity index is 1.66. The quantitative estimate of drug-likeness (QED) is 0.657. The summed E-state index contributed by atoms with van der Waals surface area (Å²) in [4.78, 5) is 12.8. The van der Waals surface area contributed by atoms with Gasteiger partial charge in [-0.3, -0.25) is 4.79 Å². The molecule has 24 heavy (non-hydrogen) atoms. The van der Waals surface area contributed by atoms with Crippen LogP contribution in [0.5, 0.6) is 11.5 Å². The van der Waals surface area contributed by atoms with Gasteiger partial charge in [-0.1, -0.05) is 27.3 Å². The van der Waals surface area contributed by atoms with Gasteiger partial charge in [0.2, 0.25) is 0 Å². The lowest BCUT2D eigenvalue weighted by atomic mass is 10.2. The summed E-state index contributed by atoms with van der Waals surface area (Å²) in [6.45, 7) is 1.95. The summed E-state index contributed by atoms with van der Waals surface area (Å²) >= 11 is 4.49. The molecule has 1 aromatic heterocycles. The zero-order valence-corrected chi connectivity index (χ0v) is 15.2. The fraction of sp³-hybridized carbons (Fsp3) is 0.118. The molecule has 0 saturated heterocycles. The average Bonchev–Trinajstić information content (AvgIpc) is 3.07. The molecule has 0 aliphatic rings. The van der Waals surface area contributed by atoms with Crippen LogP contribution in [0, 0.1) is 0 Å². The largest absolute Gasteiger partial charge is 0.457 e. The van der Waals surface area contributed by atoms with Gasteiger partial charge < -0.3 is 10.1 Å². The highest BCUT2D eigenvalue weighted by Crippen LogP contribution is 2.25. The highest BCUT2D eigenvalue weighted by molar-refractivity contribution is 9.10. The Hall–Kier alpha value is -2.25. The maximum absolute atomic E-state index is 12.2. The summed E-state index contributed by atoms with van der Waals surface area (Å²) in [6, 6.07) is 14.8. The SMILES string of the molecule is CCc1nnsc1C(=O)Nc1ccc(Oc2ccc(Br)cc2)cc1. The van der Waals surface area contributed by atoms with Crippen LogP contribution in [0.4, 0.5) is 5.69 Å². The van der Waals surface area contributed by atoms with Crippen molar-refractivity contribution in [1.82, 2.24) is 9.59 Å². The molecular weight excluding hydrogens is 390 g/mol. The highest BCUT2D eigenvalue weighted by Gasteiger charge is 2.15. The summed E-state index contributed by atoms with van der Waals surface area (Å²) in [7, 11) is 0. The molecule has 0 atom stereocenters. The van der Waals surface area contributed by atoms with E-state index in [1.54, 1.807) is 12.1 Å². The van der Waals surface area contributed by atoms with Crippen molar-refractivity contribution in [3.8, 4) is 11.5 Å². The predicted octanol–water partition coefficient (Wildman–Crippen LogP) is 4.91. The van der Waals surface area contributed by atoms with E-state index >= 15 is 0 Å². The number of rotatable bonds is 5. The van der Waals surface area contributed by atoms with E-state index in [4.69, 9.17) is 4.74 Å². The lowest BCUT2D eigenvalue weighted by Crippen LogP contribution is -2.12. The van der Waals surface area contributed by atoms with E-state index in [1.807, 2.05) is 43.3 Å². The van der Waals surface area contributed by atoms with Gasteiger partial charge in [0, 0.05) is 10.2 Å². The monoisotopic (exact) mass is 403 g/mol. The molecule has 0 saturated carbocycles. The number of hydrogen-bond acceptors (Lipinski definition) is 5.